The van der Waals surface area contributed by atoms with Crippen molar-refractivity contribution in [2.45, 2.75) is 84.0 Å². The van der Waals surface area contributed by atoms with Crippen LogP contribution in [0.4, 0.5) is 0 Å². The standard InChI is InChI=1S/C18H32O4.2K/c1-2-3-4-5-6-7-8-9-10-11-12-13-14-16(18(21)22)15-17(19)20;;/h12-13,16H,2-11,14-15H2,1H3,(H,19,20)(H,21,22);;. The van der Waals surface area contributed by atoms with E-state index in [1.165, 1.54) is 51.4 Å². The molecule has 0 spiro atoms. The van der Waals surface area contributed by atoms with Crippen LogP contribution in [0.2, 0.25) is 0 Å². The van der Waals surface area contributed by atoms with Crippen LogP contribution in [-0.2, 0) is 9.59 Å². The molecule has 0 heterocycles. The third kappa shape index (κ3) is 22.0. The number of carboxylic acid groups (broad SMARTS) is 2. The van der Waals surface area contributed by atoms with Gasteiger partial charge in [0.15, 0.2) is 0 Å². The van der Waals surface area contributed by atoms with Crippen LogP contribution in [0.3, 0.4) is 0 Å². The Balaban J connectivity index is -0.00000220. The van der Waals surface area contributed by atoms with Crippen molar-refractivity contribution in [1.29, 1.82) is 0 Å². The molecule has 0 aliphatic carbocycles. The fourth-order valence-electron chi connectivity index (χ4n) is 2.43. The van der Waals surface area contributed by atoms with Crippen molar-refractivity contribution in [1.82, 2.24) is 0 Å². The molecule has 0 bridgehead atoms. The number of hydrogen-bond acceptors (Lipinski definition) is 2. The molecule has 2 N–H and O–H groups in total. The molecular weight excluding hydrogens is 358 g/mol. The maximum absolute atomic E-state index is 10.9. The van der Waals surface area contributed by atoms with E-state index < -0.39 is 17.9 Å². The first-order valence-electron chi connectivity index (χ1n) is 8.67. The zero-order valence-corrected chi connectivity index (χ0v) is 22.2. The fraction of sp³-hybridized carbons (Fsp3) is 0.778. The van der Waals surface area contributed by atoms with Crippen LogP contribution in [-0.4, -0.2) is 125 Å². The van der Waals surface area contributed by atoms with Gasteiger partial charge in [-0.15, -0.1) is 0 Å². The minimum absolute atomic E-state index is 0. The Labute approximate surface area is 232 Å². The summed E-state index contributed by atoms with van der Waals surface area (Å²) in [5, 5.41) is 17.5. The van der Waals surface area contributed by atoms with Gasteiger partial charge in [0, 0.05) is 103 Å². The molecule has 0 saturated carbocycles. The second-order valence-electron chi connectivity index (χ2n) is 5.96. The maximum Gasteiger partial charge on any atom is 0.307 e. The van der Waals surface area contributed by atoms with Crippen molar-refractivity contribution in [3.8, 4) is 0 Å². The summed E-state index contributed by atoms with van der Waals surface area (Å²) in [6.45, 7) is 2.23. The molecular formula is C18H32K2O4. The van der Waals surface area contributed by atoms with E-state index in [-0.39, 0.29) is 109 Å². The summed E-state index contributed by atoms with van der Waals surface area (Å²) in [4.78, 5) is 21.4. The first-order chi connectivity index (χ1) is 10.6. The molecule has 4 nitrogen and oxygen atoms in total. The predicted octanol–water partition coefficient (Wildman–Crippen LogP) is 4.27. The molecule has 24 heavy (non-hydrogen) atoms. The van der Waals surface area contributed by atoms with Gasteiger partial charge in [-0.2, -0.15) is 0 Å². The van der Waals surface area contributed by atoms with Crippen molar-refractivity contribution >= 4 is 115 Å². The number of carbonyl (C=O) groups is 2. The third-order valence-electron chi connectivity index (χ3n) is 3.83. The predicted molar refractivity (Wildman–Crippen MR) is 100 cm³/mol. The molecule has 0 aromatic carbocycles. The van der Waals surface area contributed by atoms with Crippen LogP contribution in [0.15, 0.2) is 12.2 Å². The first-order valence-corrected chi connectivity index (χ1v) is 8.67. The summed E-state index contributed by atoms with van der Waals surface area (Å²) in [7, 11) is 0. The van der Waals surface area contributed by atoms with Crippen LogP contribution < -0.4 is 0 Å². The van der Waals surface area contributed by atoms with E-state index in [9.17, 15) is 9.59 Å². The number of rotatable bonds is 15. The summed E-state index contributed by atoms with van der Waals surface area (Å²) in [6.07, 6.45) is 16.4. The van der Waals surface area contributed by atoms with Crippen LogP contribution >= 0.6 is 0 Å². The van der Waals surface area contributed by atoms with Gasteiger partial charge in [0.1, 0.15) is 0 Å². The molecule has 1 unspecified atom stereocenters. The van der Waals surface area contributed by atoms with Crippen LogP contribution in [0.25, 0.3) is 0 Å². The van der Waals surface area contributed by atoms with Crippen LogP contribution in [0.5, 0.6) is 0 Å². The Morgan fingerprint density at radius 1 is 0.833 bits per heavy atom. The summed E-state index contributed by atoms with van der Waals surface area (Å²) < 4.78 is 0. The average molecular weight is 391 g/mol. The van der Waals surface area contributed by atoms with E-state index in [1.807, 2.05) is 12.2 Å². The van der Waals surface area contributed by atoms with Gasteiger partial charge in [0.25, 0.3) is 0 Å². The molecule has 0 saturated heterocycles. The van der Waals surface area contributed by atoms with E-state index in [0.29, 0.717) is 6.42 Å². The summed E-state index contributed by atoms with van der Waals surface area (Å²) >= 11 is 0. The number of aliphatic carboxylic acids is 2. The molecule has 0 aliphatic heterocycles. The smallest absolute Gasteiger partial charge is 0.307 e. The Kier molecular flexibility index (Phi) is 29.4. The van der Waals surface area contributed by atoms with E-state index in [4.69, 9.17) is 10.2 Å². The van der Waals surface area contributed by atoms with Gasteiger partial charge < -0.3 is 10.2 Å². The molecule has 2 radical (unpaired) electrons. The zero-order chi connectivity index (χ0) is 16.6. The molecule has 0 rings (SSSR count). The minimum Gasteiger partial charge on any atom is -0.481 e. The fourth-order valence-corrected chi connectivity index (χ4v) is 2.43. The molecule has 0 aromatic rings. The maximum atomic E-state index is 10.9. The molecule has 1 atom stereocenters. The Bertz CT molecular complexity index is 333. The van der Waals surface area contributed by atoms with Gasteiger partial charge in [-0.05, 0) is 19.3 Å². The van der Waals surface area contributed by atoms with Crippen LogP contribution in [0, 0.1) is 5.92 Å². The van der Waals surface area contributed by atoms with E-state index in [1.54, 1.807) is 0 Å². The molecule has 0 amide bonds. The third-order valence-corrected chi connectivity index (χ3v) is 3.83. The van der Waals surface area contributed by atoms with Gasteiger partial charge in [-0.25, -0.2) is 0 Å². The Hall–Kier alpha value is 1.95. The van der Waals surface area contributed by atoms with Crippen LogP contribution in [0.1, 0.15) is 84.0 Å². The second-order valence-corrected chi connectivity index (χ2v) is 5.96. The van der Waals surface area contributed by atoms with Gasteiger partial charge in [0.05, 0.1) is 12.3 Å². The number of hydrogen-bond donors (Lipinski definition) is 2. The SMILES string of the molecule is CCCCCCCCCCCC=CCC(CC(=O)O)C(=O)O.[K].[K]. The summed E-state index contributed by atoms with van der Waals surface area (Å²) in [5.74, 6) is -2.90. The normalized spacial score (nSPS) is 11.5. The zero-order valence-electron chi connectivity index (χ0n) is 15.9. The van der Waals surface area contributed by atoms with E-state index >= 15 is 0 Å². The van der Waals surface area contributed by atoms with Crippen molar-refractivity contribution < 1.29 is 19.8 Å². The number of unbranched alkanes of at least 4 members (excludes halogenated alkanes) is 9. The number of carboxylic acids is 2. The van der Waals surface area contributed by atoms with E-state index in [0.717, 1.165) is 12.8 Å². The summed E-state index contributed by atoms with van der Waals surface area (Å²) in [6, 6.07) is 0. The van der Waals surface area contributed by atoms with Gasteiger partial charge in [-0.3, -0.25) is 9.59 Å². The molecule has 130 valence electrons. The second kappa shape index (κ2) is 23.0. The van der Waals surface area contributed by atoms with Gasteiger partial charge in [-0.1, -0.05) is 70.4 Å². The number of allylic oxidation sites excluding steroid dienone is 2. The molecule has 0 aromatic heterocycles. The van der Waals surface area contributed by atoms with Crippen molar-refractivity contribution in [2.75, 3.05) is 0 Å². The first kappa shape index (κ1) is 30.7. The largest absolute Gasteiger partial charge is 0.481 e. The van der Waals surface area contributed by atoms with Gasteiger partial charge in [0.2, 0.25) is 0 Å². The van der Waals surface area contributed by atoms with Crippen molar-refractivity contribution in [3.05, 3.63) is 12.2 Å². The topological polar surface area (TPSA) is 74.6 Å². The average Bonchev–Trinajstić information content (AvgIpc) is 2.46. The monoisotopic (exact) mass is 390 g/mol. The minimum atomic E-state index is -1.06. The Morgan fingerprint density at radius 3 is 1.79 bits per heavy atom. The molecule has 6 heteroatoms. The quantitative estimate of drug-likeness (QED) is 0.249. The Morgan fingerprint density at radius 2 is 1.33 bits per heavy atom. The van der Waals surface area contributed by atoms with Crippen molar-refractivity contribution in [2.24, 2.45) is 5.92 Å². The van der Waals surface area contributed by atoms with Gasteiger partial charge >= 0.3 is 11.9 Å². The van der Waals surface area contributed by atoms with Crippen molar-refractivity contribution in [3.63, 3.8) is 0 Å². The summed E-state index contributed by atoms with van der Waals surface area (Å²) in [5.41, 5.74) is 0. The van der Waals surface area contributed by atoms with E-state index in [2.05, 4.69) is 6.92 Å². The molecule has 0 fully saturated rings. The molecule has 0 aliphatic rings.